The molecule has 0 aromatic carbocycles. The summed E-state index contributed by atoms with van der Waals surface area (Å²) in [5.41, 5.74) is 0. The van der Waals surface area contributed by atoms with Gasteiger partial charge in [-0.25, -0.2) is 4.57 Å². The zero-order valence-electron chi connectivity index (χ0n) is 40.4. The highest BCUT2D eigenvalue weighted by molar-refractivity contribution is 7.47. The number of quaternary nitrogens is 1. The first-order valence-corrected chi connectivity index (χ1v) is 25.3. The van der Waals surface area contributed by atoms with Gasteiger partial charge in [-0.1, -0.05) is 185 Å². The van der Waals surface area contributed by atoms with Crippen LogP contribution in [0.4, 0.5) is 0 Å². The molecule has 0 radical (unpaired) electrons. The van der Waals surface area contributed by atoms with E-state index in [9.17, 15) is 19.0 Å². The van der Waals surface area contributed by atoms with E-state index in [1.165, 1.54) is 77.0 Å². The first kappa shape index (κ1) is 57.0. The van der Waals surface area contributed by atoms with E-state index in [2.05, 4.69) is 69.2 Å². The lowest BCUT2D eigenvalue weighted by Gasteiger charge is -2.24. The average Bonchev–Trinajstić information content (AvgIpc) is 3.08. The van der Waals surface area contributed by atoms with E-state index < -0.39 is 26.5 Å². The third kappa shape index (κ3) is 36.8. The molecule has 0 spiro atoms. The van der Waals surface area contributed by atoms with Crippen molar-refractivity contribution in [2.24, 2.45) is 47.3 Å². The molecule has 0 aromatic rings. The summed E-state index contributed by atoms with van der Waals surface area (Å²) in [6, 6.07) is 0. The number of ether oxygens (including phenoxy) is 2. The van der Waals surface area contributed by atoms with Gasteiger partial charge in [0.05, 0.1) is 27.7 Å². The van der Waals surface area contributed by atoms with Crippen LogP contribution in [-0.4, -0.2) is 74.9 Å². The number of phosphoric acid groups is 1. The topological polar surface area (TPSA) is 108 Å². The number of likely N-dealkylation sites (N-methyl/N-ethyl adjacent to an activating group) is 1. The normalized spacial score (nSPS) is 17.0. The molecule has 3 unspecified atom stereocenters. The first-order chi connectivity index (χ1) is 27.1. The van der Waals surface area contributed by atoms with E-state index in [4.69, 9.17) is 18.5 Å². The second-order valence-electron chi connectivity index (χ2n) is 20.8. The maximum Gasteiger partial charge on any atom is 0.472 e. The molecule has 346 valence electrons. The van der Waals surface area contributed by atoms with Gasteiger partial charge in [0.1, 0.15) is 19.8 Å². The predicted molar refractivity (Wildman–Crippen MR) is 242 cm³/mol. The number of carbonyl (C=O) groups is 2. The van der Waals surface area contributed by atoms with Crippen LogP contribution in [0.15, 0.2) is 0 Å². The largest absolute Gasteiger partial charge is 0.472 e. The Morgan fingerprint density at radius 3 is 1.21 bits per heavy atom. The van der Waals surface area contributed by atoms with Crippen LogP contribution >= 0.6 is 7.82 Å². The van der Waals surface area contributed by atoms with Gasteiger partial charge in [0.2, 0.25) is 0 Å². The van der Waals surface area contributed by atoms with Crippen LogP contribution < -0.4 is 0 Å². The van der Waals surface area contributed by atoms with Crippen LogP contribution in [-0.2, 0) is 32.7 Å². The van der Waals surface area contributed by atoms with Gasteiger partial charge in [0, 0.05) is 12.8 Å². The maximum absolute atomic E-state index is 13.1. The van der Waals surface area contributed by atoms with Crippen molar-refractivity contribution in [3.8, 4) is 0 Å². The van der Waals surface area contributed by atoms with Crippen LogP contribution in [0.25, 0.3) is 0 Å². The maximum atomic E-state index is 13.1. The highest BCUT2D eigenvalue weighted by Crippen LogP contribution is 2.43. The Labute approximate surface area is 359 Å². The summed E-state index contributed by atoms with van der Waals surface area (Å²) in [5.74, 6) is 4.00. The summed E-state index contributed by atoms with van der Waals surface area (Å²) in [6.07, 6.45) is 21.4. The molecule has 0 fully saturated rings. The number of phosphoric ester groups is 1. The molecule has 10 heteroatoms. The summed E-state index contributed by atoms with van der Waals surface area (Å²) in [4.78, 5) is 36.2. The van der Waals surface area contributed by atoms with Crippen molar-refractivity contribution in [3.05, 3.63) is 0 Å². The molecule has 0 amide bonds. The Balaban J connectivity index is 4.82. The number of rotatable bonds is 38. The van der Waals surface area contributed by atoms with E-state index in [-0.39, 0.29) is 43.9 Å². The summed E-state index contributed by atoms with van der Waals surface area (Å²) in [5, 5.41) is 0. The van der Waals surface area contributed by atoms with Gasteiger partial charge >= 0.3 is 19.8 Å². The third-order valence-corrected chi connectivity index (χ3v) is 12.7. The van der Waals surface area contributed by atoms with Crippen LogP contribution in [0.5, 0.6) is 0 Å². The molecule has 1 N–H and O–H groups in total. The van der Waals surface area contributed by atoms with E-state index in [1.807, 2.05) is 21.1 Å². The molecular formula is C48H97NO8P+. The average molecular weight is 847 g/mol. The van der Waals surface area contributed by atoms with Crippen molar-refractivity contribution >= 4 is 19.8 Å². The molecule has 0 aliphatic rings. The second kappa shape index (κ2) is 32.7. The Bertz CT molecular complexity index is 1080. The Morgan fingerprint density at radius 1 is 0.500 bits per heavy atom. The Hall–Kier alpha value is -0.990. The molecule has 0 aliphatic carbocycles. The lowest BCUT2D eigenvalue weighted by Crippen LogP contribution is -2.37. The summed E-state index contributed by atoms with van der Waals surface area (Å²) >= 11 is 0. The molecule has 0 aromatic heterocycles. The van der Waals surface area contributed by atoms with E-state index in [0.717, 1.165) is 62.2 Å². The van der Waals surface area contributed by atoms with Crippen molar-refractivity contribution in [1.82, 2.24) is 0 Å². The SMILES string of the molecule is CC(C)CCC[C@@H](C)CCC[C@@H](C)CCCC(C)CC(=O)OC[C@H](COP(=O)(O)OCC[N+](C)(C)C)OC(=O)CC(C)CCC[C@H](C)CCC[C@H](C)CCCC(C)C. The van der Waals surface area contributed by atoms with Gasteiger partial charge in [-0.2, -0.15) is 0 Å². The molecular weight excluding hydrogens is 750 g/mol. The summed E-state index contributed by atoms with van der Waals surface area (Å²) < 4.78 is 34.9. The van der Waals surface area contributed by atoms with Gasteiger partial charge in [-0.15, -0.1) is 0 Å². The van der Waals surface area contributed by atoms with Crippen molar-refractivity contribution in [2.75, 3.05) is 47.5 Å². The quantitative estimate of drug-likeness (QED) is 0.0372. The zero-order valence-corrected chi connectivity index (χ0v) is 41.3. The van der Waals surface area contributed by atoms with Gasteiger partial charge in [-0.3, -0.25) is 18.6 Å². The molecule has 8 atom stereocenters. The minimum Gasteiger partial charge on any atom is -0.462 e. The molecule has 58 heavy (non-hydrogen) atoms. The van der Waals surface area contributed by atoms with Gasteiger partial charge < -0.3 is 18.9 Å². The molecule has 0 saturated carbocycles. The number of hydrogen-bond acceptors (Lipinski definition) is 7. The standard InChI is InChI=1S/C48H96NO8P/c1-38(2)20-14-22-40(5)24-16-26-42(7)28-18-30-44(9)34-47(50)54-36-46(37-56-58(52,53)55-33-32-49(11,12)13)57-48(51)35-45(10)31-19-29-43(8)27-17-25-41(6)23-15-21-39(3)4/h38-46H,14-37H2,1-13H3/p+1/t40-,41-,42-,43-,44?,45?,46-/m1/s1. The second-order valence-corrected chi connectivity index (χ2v) is 22.3. The fourth-order valence-electron chi connectivity index (χ4n) is 7.60. The molecule has 0 heterocycles. The van der Waals surface area contributed by atoms with Gasteiger partial charge in [0.15, 0.2) is 6.10 Å². The van der Waals surface area contributed by atoms with Crippen LogP contribution in [0.2, 0.25) is 0 Å². The molecule has 0 bridgehead atoms. The number of nitrogens with zero attached hydrogens (tertiary/aromatic N) is 1. The minimum atomic E-state index is -4.40. The lowest BCUT2D eigenvalue weighted by molar-refractivity contribution is -0.870. The van der Waals surface area contributed by atoms with E-state index in [0.29, 0.717) is 22.9 Å². The smallest absolute Gasteiger partial charge is 0.462 e. The number of carbonyl (C=O) groups excluding carboxylic acids is 2. The van der Waals surface area contributed by atoms with E-state index in [1.54, 1.807) is 0 Å². The van der Waals surface area contributed by atoms with Crippen LogP contribution in [0, 0.1) is 47.3 Å². The molecule has 0 saturated heterocycles. The predicted octanol–water partition coefficient (Wildman–Crippen LogP) is 13.2. The molecule has 9 nitrogen and oxygen atoms in total. The van der Waals surface area contributed by atoms with Crippen LogP contribution in [0.1, 0.15) is 198 Å². The first-order valence-electron chi connectivity index (χ1n) is 23.8. The fourth-order valence-corrected chi connectivity index (χ4v) is 8.34. The van der Waals surface area contributed by atoms with Gasteiger partial charge in [-0.05, 0) is 47.3 Å². The monoisotopic (exact) mass is 847 g/mol. The number of hydrogen-bond donors (Lipinski definition) is 1. The Kier molecular flexibility index (Phi) is 32.1. The van der Waals surface area contributed by atoms with Crippen LogP contribution in [0.3, 0.4) is 0 Å². The minimum absolute atomic E-state index is 0.0266. The summed E-state index contributed by atoms with van der Waals surface area (Å²) in [7, 11) is 1.46. The van der Waals surface area contributed by atoms with E-state index >= 15 is 0 Å². The van der Waals surface area contributed by atoms with Crippen molar-refractivity contribution in [3.63, 3.8) is 0 Å². The lowest BCUT2D eigenvalue weighted by atomic mass is 9.91. The van der Waals surface area contributed by atoms with Crippen molar-refractivity contribution in [1.29, 1.82) is 0 Å². The number of esters is 2. The molecule has 0 rings (SSSR count). The zero-order chi connectivity index (χ0) is 44.1. The van der Waals surface area contributed by atoms with Gasteiger partial charge in [0.25, 0.3) is 0 Å². The third-order valence-electron chi connectivity index (χ3n) is 11.7. The molecule has 0 aliphatic heterocycles. The summed E-state index contributed by atoms with van der Waals surface area (Å²) in [6.45, 7) is 22.7. The highest BCUT2D eigenvalue weighted by atomic mass is 31.2. The fraction of sp³-hybridized carbons (Fsp3) is 0.958. The van der Waals surface area contributed by atoms with Crippen molar-refractivity contribution < 1.29 is 42.1 Å². The highest BCUT2D eigenvalue weighted by Gasteiger charge is 2.28. The van der Waals surface area contributed by atoms with Crippen molar-refractivity contribution in [2.45, 2.75) is 204 Å². The Morgan fingerprint density at radius 2 is 0.845 bits per heavy atom.